The molecule has 0 bridgehead atoms. The molecule has 2 rings (SSSR count). The molecule has 0 heterocycles. The van der Waals surface area contributed by atoms with Crippen LogP contribution in [-0.4, -0.2) is 12.1 Å². The molecule has 0 atom stereocenters. The molecule has 0 radical (unpaired) electrons. The van der Waals surface area contributed by atoms with Crippen molar-refractivity contribution < 1.29 is 0 Å². The van der Waals surface area contributed by atoms with Gasteiger partial charge in [-0.1, -0.05) is 33.1 Å². The van der Waals surface area contributed by atoms with Crippen LogP contribution in [0.15, 0.2) is 0 Å². The molecule has 0 aromatic carbocycles. The van der Waals surface area contributed by atoms with Gasteiger partial charge in [0.15, 0.2) is 0 Å². The summed E-state index contributed by atoms with van der Waals surface area (Å²) in [5, 5.41) is 3.92. The minimum atomic E-state index is 0.845. The zero-order valence-electron chi connectivity index (χ0n) is 11.2. The summed E-state index contributed by atoms with van der Waals surface area (Å²) in [6.07, 6.45) is 13.0. The highest BCUT2D eigenvalue weighted by atomic mass is 15.0. The lowest BCUT2D eigenvalue weighted by molar-refractivity contribution is 0.217. The molecule has 94 valence electrons. The lowest BCUT2D eigenvalue weighted by Gasteiger charge is -2.35. The van der Waals surface area contributed by atoms with E-state index in [0.29, 0.717) is 0 Å². The van der Waals surface area contributed by atoms with Crippen molar-refractivity contribution >= 4 is 0 Å². The maximum Gasteiger partial charge on any atom is 0.00698 e. The van der Waals surface area contributed by atoms with Crippen LogP contribution in [0.25, 0.3) is 0 Å². The third kappa shape index (κ3) is 3.48. The van der Waals surface area contributed by atoms with Crippen LogP contribution in [0.3, 0.4) is 0 Å². The lowest BCUT2D eigenvalue weighted by Crippen LogP contribution is -2.41. The van der Waals surface area contributed by atoms with Crippen molar-refractivity contribution in [1.29, 1.82) is 0 Å². The fourth-order valence-corrected chi connectivity index (χ4v) is 3.56. The van der Waals surface area contributed by atoms with Crippen molar-refractivity contribution in [3.8, 4) is 0 Å². The molecular weight excluding hydrogens is 194 g/mol. The average Bonchev–Trinajstić information content (AvgIpc) is 2.31. The molecule has 16 heavy (non-hydrogen) atoms. The molecule has 1 N–H and O–H groups in total. The van der Waals surface area contributed by atoms with Gasteiger partial charge >= 0.3 is 0 Å². The molecule has 1 nitrogen and oxygen atoms in total. The molecule has 1 heteroatoms. The van der Waals surface area contributed by atoms with Crippen LogP contribution in [0.4, 0.5) is 0 Å². The first-order chi connectivity index (χ1) is 7.75. The van der Waals surface area contributed by atoms with Gasteiger partial charge in [0.1, 0.15) is 0 Å². The molecule has 2 aliphatic carbocycles. The van der Waals surface area contributed by atoms with Crippen LogP contribution in [0.2, 0.25) is 0 Å². The fraction of sp³-hybridized carbons (Fsp3) is 1.00. The number of nitrogens with one attached hydrogen (secondary N) is 1. The Kier molecular flexibility index (Phi) is 4.69. The maximum atomic E-state index is 3.92. The predicted octanol–water partition coefficient (Wildman–Crippen LogP) is 4.12. The molecule has 0 saturated heterocycles. The predicted molar refractivity (Wildman–Crippen MR) is 70.6 cm³/mol. The number of rotatable bonds is 3. The van der Waals surface area contributed by atoms with Gasteiger partial charge in [-0.3, -0.25) is 0 Å². The Labute approximate surface area is 101 Å². The Hall–Kier alpha value is -0.0400. The minimum Gasteiger partial charge on any atom is -0.311 e. The third-order valence-electron chi connectivity index (χ3n) is 4.79. The molecular formula is C15H29N. The minimum absolute atomic E-state index is 0.845. The highest BCUT2D eigenvalue weighted by Crippen LogP contribution is 2.30. The Balaban J connectivity index is 1.68. The third-order valence-corrected chi connectivity index (χ3v) is 4.79. The van der Waals surface area contributed by atoms with Crippen molar-refractivity contribution in [3.63, 3.8) is 0 Å². The van der Waals surface area contributed by atoms with Crippen LogP contribution >= 0.6 is 0 Å². The molecule has 2 aliphatic rings. The van der Waals surface area contributed by atoms with E-state index < -0.39 is 0 Å². The van der Waals surface area contributed by atoms with Gasteiger partial charge in [0.05, 0.1) is 0 Å². The van der Waals surface area contributed by atoms with Crippen molar-refractivity contribution in [2.24, 2.45) is 11.8 Å². The molecule has 0 aromatic rings. The van der Waals surface area contributed by atoms with E-state index in [1.807, 2.05) is 0 Å². The molecule has 2 saturated carbocycles. The first-order valence-corrected chi connectivity index (χ1v) is 7.51. The van der Waals surface area contributed by atoms with Crippen molar-refractivity contribution in [1.82, 2.24) is 5.32 Å². The van der Waals surface area contributed by atoms with Crippen molar-refractivity contribution in [2.75, 3.05) is 0 Å². The first kappa shape index (κ1) is 12.4. The normalized spacial score (nSPS) is 33.2. The quantitative estimate of drug-likeness (QED) is 0.759. The number of hydrogen-bond donors (Lipinski definition) is 1. The average molecular weight is 223 g/mol. The largest absolute Gasteiger partial charge is 0.311 e. The Morgan fingerprint density at radius 2 is 1.31 bits per heavy atom. The summed E-state index contributed by atoms with van der Waals surface area (Å²) in [5.74, 6) is 1.90. The van der Waals surface area contributed by atoms with E-state index in [0.717, 1.165) is 23.9 Å². The first-order valence-electron chi connectivity index (χ1n) is 7.51. The molecule has 0 aromatic heterocycles. The molecule has 0 unspecified atom stereocenters. The van der Waals surface area contributed by atoms with E-state index in [2.05, 4.69) is 19.2 Å². The van der Waals surface area contributed by atoms with E-state index in [-0.39, 0.29) is 0 Å². The summed E-state index contributed by atoms with van der Waals surface area (Å²) >= 11 is 0. The van der Waals surface area contributed by atoms with Crippen LogP contribution in [0.5, 0.6) is 0 Å². The summed E-state index contributed by atoms with van der Waals surface area (Å²) in [5.41, 5.74) is 0. The highest BCUT2D eigenvalue weighted by molar-refractivity contribution is 4.82. The monoisotopic (exact) mass is 223 g/mol. The van der Waals surface area contributed by atoms with Gasteiger partial charge in [-0.2, -0.15) is 0 Å². The van der Waals surface area contributed by atoms with Gasteiger partial charge in [-0.05, 0) is 50.4 Å². The van der Waals surface area contributed by atoms with Crippen LogP contribution in [-0.2, 0) is 0 Å². The standard InChI is InChI=1S/C15H29N/c1-12(2)13-8-10-15(11-9-13)16-14-6-4-3-5-7-14/h12-16H,3-11H2,1-2H3. The van der Waals surface area contributed by atoms with Gasteiger partial charge < -0.3 is 5.32 Å². The zero-order chi connectivity index (χ0) is 11.4. The van der Waals surface area contributed by atoms with Crippen LogP contribution < -0.4 is 5.32 Å². The number of hydrogen-bond acceptors (Lipinski definition) is 1. The fourth-order valence-electron chi connectivity index (χ4n) is 3.56. The second-order valence-corrected chi connectivity index (χ2v) is 6.36. The molecule has 0 aliphatic heterocycles. The lowest BCUT2D eigenvalue weighted by atomic mass is 9.79. The summed E-state index contributed by atoms with van der Waals surface area (Å²) in [4.78, 5) is 0. The van der Waals surface area contributed by atoms with Crippen molar-refractivity contribution in [2.45, 2.75) is 83.7 Å². The summed E-state index contributed by atoms with van der Waals surface area (Å²) < 4.78 is 0. The molecule has 2 fully saturated rings. The van der Waals surface area contributed by atoms with Crippen LogP contribution in [0, 0.1) is 11.8 Å². The van der Waals surface area contributed by atoms with E-state index in [9.17, 15) is 0 Å². The van der Waals surface area contributed by atoms with Gasteiger partial charge in [-0.25, -0.2) is 0 Å². The second-order valence-electron chi connectivity index (χ2n) is 6.36. The van der Waals surface area contributed by atoms with Gasteiger partial charge in [0.2, 0.25) is 0 Å². The Morgan fingerprint density at radius 1 is 0.750 bits per heavy atom. The zero-order valence-corrected chi connectivity index (χ0v) is 11.2. The molecule has 0 amide bonds. The highest BCUT2D eigenvalue weighted by Gasteiger charge is 2.25. The van der Waals surface area contributed by atoms with Gasteiger partial charge in [0.25, 0.3) is 0 Å². The smallest absolute Gasteiger partial charge is 0.00698 e. The van der Waals surface area contributed by atoms with Crippen molar-refractivity contribution in [3.05, 3.63) is 0 Å². The van der Waals surface area contributed by atoms with Gasteiger partial charge in [-0.15, -0.1) is 0 Å². The van der Waals surface area contributed by atoms with E-state index in [1.165, 1.54) is 57.8 Å². The van der Waals surface area contributed by atoms with Gasteiger partial charge in [0, 0.05) is 12.1 Å². The van der Waals surface area contributed by atoms with E-state index in [4.69, 9.17) is 0 Å². The molecule has 0 spiro atoms. The maximum absolute atomic E-state index is 3.92. The Morgan fingerprint density at radius 3 is 1.88 bits per heavy atom. The second kappa shape index (κ2) is 6.05. The van der Waals surface area contributed by atoms with Crippen LogP contribution in [0.1, 0.15) is 71.6 Å². The Bertz CT molecular complexity index is 186. The summed E-state index contributed by atoms with van der Waals surface area (Å²) in [6.45, 7) is 4.78. The van der Waals surface area contributed by atoms with E-state index >= 15 is 0 Å². The SMILES string of the molecule is CC(C)C1CCC(NC2CCCCC2)CC1. The topological polar surface area (TPSA) is 12.0 Å². The summed E-state index contributed by atoms with van der Waals surface area (Å²) in [6, 6.07) is 1.70. The summed E-state index contributed by atoms with van der Waals surface area (Å²) in [7, 11) is 0. The van der Waals surface area contributed by atoms with E-state index in [1.54, 1.807) is 0 Å².